The molecule has 0 aromatic carbocycles. The minimum atomic E-state index is -0.717. The number of hydrogen-bond acceptors (Lipinski definition) is 3. The number of carboxylic acid groups (broad SMARTS) is 1. The van der Waals surface area contributed by atoms with Crippen LogP contribution in [0, 0.1) is 0 Å². The van der Waals surface area contributed by atoms with Crippen LogP contribution in [0.2, 0.25) is 0 Å². The summed E-state index contributed by atoms with van der Waals surface area (Å²) in [5.74, 6) is -0.717. The van der Waals surface area contributed by atoms with E-state index in [2.05, 4.69) is 17.1 Å². The number of rotatable bonds is 3. The number of carbonyl (C=O) groups is 1. The van der Waals surface area contributed by atoms with Gasteiger partial charge >= 0.3 is 5.97 Å². The summed E-state index contributed by atoms with van der Waals surface area (Å²) in [4.78, 5) is 13.3. The molecular formula is C9H18N2O2. The van der Waals surface area contributed by atoms with Crippen molar-refractivity contribution in [3.05, 3.63) is 0 Å². The van der Waals surface area contributed by atoms with Gasteiger partial charge in [0.1, 0.15) is 5.54 Å². The predicted octanol–water partition coefficient (Wildman–Crippen LogP) is 0.145. The van der Waals surface area contributed by atoms with Crippen molar-refractivity contribution < 1.29 is 9.90 Å². The van der Waals surface area contributed by atoms with E-state index in [1.807, 2.05) is 0 Å². The van der Waals surface area contributed by atoms with Gasteiger partial charge in [-0.3, -0.25) is 4.79 Å². The molecule has 0 bridgehead atoms. The smallest absolute Gasteiger partial charge is 0.323 e. The molecule has 0 unspecified atom stereocenters. The Hall–Kier alpha value is -0.610. The number of carboxylic acids is 1. The van der Waals surface area contributed by atoms with Gasteiger partial charge in [-0.2, -0.15) is 0 Å². The lowest BCUT2D eigenvalue weighted by molar-refractivity contribution is -0.146. The number of nitrogens with one attached hydrogen (secondary N) is 1. The zero-order chi connectivity index (χ0) is 9.90. The topological polar surface area (TPSA) is 52.6 Å². The lowest BCUT2D eigenvalue weighted by atomic mass is 9.88. The molecule has 0 aliphatic carbocycles. The van der Waals surface area contributed by atoms with E-state index in [-0.39, 0.29) is 0 Å². The van der Waals surface area contributed by atoms with Crippen molar-refractivity contribution in [2.75, 3.05) is 26.7 Å². The fraction of sp³-hybridized carbons (Fsp3) is 0.889. The summed E-state index contributed by atoms with van der Waals surface area (Å²) in [6, 6.07) is 0. The van der Waals surface area contributed by atoms with Crippen LogP contribution in [0.1, 0.15) is 19.8 Å². The monoisotopic (exact) mass is 186 g/mol. The van der Waals surface area contributed by atoms with Crippen LogP contribution in [0.3, 0.4) is 0 Å². The largest absolute Gasteiger partial charge is 0.480 e. The maximum absolute atomic E-state index is 11.0. The molecule has 0 saturated carbocycles. The Morgan fingerprint density at radius 2 is 2.08 bits per heavy atom. The lowest BCUT2D eigenvalue weighted by Crippen LogP contribution is -2.57. The maximum Gasteiger partial charge on any atom is 0.323 e. The highest BCUT2D eigenvalue weighted by Crippen LogP contribution is 2.21. The van der Waals surface area contributed by atoms with Gasteiger partial charge in [0.15, 0.2) is 0 Å². The van der Waals surface area contributed by atoms with Gasteiger partial charge in [0, 0.05) is 13.1 Å². The van der Waals surface area contributed by atoms with E-state index in [4.69, 9.17) is 5.11 Å². The molecular weight excluding hydrogens is 168 g/mol. The van der Waals surface area contributed by atoms with Crippen molar-refractivity contribution in [2.24, 2.45) is 0 Å². The molecule has 1 rings (SSSR count). The first-order valence-corrected chi connectivity index (χ1v) is 4.79. The molecule has 4 nitrogen and oxygen atoms in total. The van der Waals surface area contributed by atoms with Crippen molar-refractivity contribution in [3.8, 4) is 0 Å². The molecule has 76 valence electrons. The molecule has 1 fully saturated rings. The molecule has 0 aromatic rings. The van der Waals surface area contributed by atoms with Gasteiger partial charge < -0.3 is 15.3 Å². The molecule has 4 heteroatoms. The molecule has 0 amide bonds. The van der Waals surface area contributed by atoms with E-state index in [1.165, 1.54) is 0 Å². The van der Waals surface area contributed by atoms with Gasteiger partial charge in [-0.25, -0.2) is 0 Å². The molecule has 0 atom stereocenters. The van der Waals surface area contributed by atoms with E-state index in [9.17, 15) is 4.79 Å². The lowest BCUT2D eigenvalue weighted by Gasteiger charge is -2.38. The highest BCUT2D eigenvalue weighted by atomic mass is 16.4. The number of hydrogen-bond donors (Lipinski definition) is 2. The Morgan fingerprint density at radius 1 is 1.54 bits per heavy atom. The van der Waals surface area contributed by atoms with Gasteiger partial charge in [0.05, 0.1) is 0 Å². The number of aliphatic carboxylic acids is 1. The van der Waals surface area contributed by atoms with Gasteiger partial charge in [-0.15, -0.1) is 0 Å². The average molecular weight is 186 g/mol. The zero-order valence-corrected chi connectivity index (χ0v) is 8.34. The Morgan fingerprint density at radius 3 is 2.38 bits per heavy atom. The van der Waals surface area contributed by atoms with Crippen LogP contribution in [-0.2, 0) is 4.79 Å². The van der Waals surface area contributed by atoms with E-state index >= 15 is 0 Å². The second kappa shape index (κ2) is 4.07. The third-order valence-electron chi connectivity index (χ3n) is 3.04. The van der Waals surface area contributed by atoms with Gasteiger partial charge in [-0.05, 0) is 26.4 Å². The van der Waals surface area contributed by atoms with E-state index < -0.39 is 11.5 Å². The third-order valence-corrected chi connectivity index (χ3v) is 3.04. The van der Waals surface area contributed by atoms with Crippen LogP contribution in [0.15, 0.2) is 0 Å². The Labute approximate surface area is 78.9 Å². The van der Waals surface area contributed by atoms with Crippen molar-refractivity contribution in [1.29, 1.82) is 0 Å². The minimum Gasteiger partial charge on any atom is -0.480 e. The first-order valence-electron chi connectivity index (χ1n) is 4.79. The second-order valence-electron chi connectivity index (χ2n) is 3.57. The highest BCUT2D eigenvalue weighted by Gasteiger charge is 2.39. The Bertz CT molecular complexity index is 186. The van der Waals surface area contributed by atoms with Crippen LogP contribution in [0.4, 0.5) is 0 Å². The van der Waals surface area contributed by atoms with Crippen molar-refractivity contribution in [2.45, 2.75) is 25.3 Å². The van der Waals surface area contributed by atoms with Crippen molar-refractivity contribution >= 4 is 5.97 Å². The number of nitrogens with zero attached hydrogens (tertiary/aromatic N) is 1. The standard InChI is InChI=1S/C9H18N2O2/c1-3-11-6-4-9(10-2,5-7-11)8(12)13/h10H,3-7H2,1-2H3,(H,12,13). The summed E-state index contributed by atoms with van der Waals surface area (Å²) in [6.45, 7) is 4.87. The Kier molecular flexibility index (Phi) is 3.27. The SMILES string of the molecule is CCN1CCC(NC)(C(=O)O)CC1. The van der Waals surface area contributed by atoms with Crippen molar-refractivity contribution in [1.82, 2.24) is 10.2 Å². The van der Waals surface area contributed by atoms with Crippen LogP contribution < -0.4 is 5.32 Å². The number of likely N-dealkylation sites (tertiary alicyclic amines) is 1. The molecule has 1 heterocycles. The third kappa shape index (κ3) is 2.00. The molecule has 0 radical (unpaired) electrons. The number of likely N-dealkylation sites (N-methyl/N-ethyl adjacent to an activating group) is 1. The molecule has 1 aliphatic heterocycles. The summed E-state index contributed by atoms with van der Waals surface area (Å²) in [5, 5.41) is 12.0. The van der Waals surface area contributed by atoms with Gasteiger partial charge in [0.25, 0.3) is 0 Å². The van der Waals surface area contributed by atoms with Crippen LogP contribution in [0.25, 0.3) is 0 Å². The van der Waals surface area contributed by atoms with Crippen LogP contribution in [0.5, 0.6) is 0 Å². The summed E-state index contributed by atoms with van der Waals surface area (Å²) < 4.78 is 0. The Balaban J connectivity index is 2.58. The fourth-order valence-corrected chi connectivity index (χ4v) is 1.82. The normalized spacial score (nSPS) is 22.9. The van der Waals surface area contributed by atoms with Crippen LogP contribution in [-0.4, -0.2) is 48.2 Å². The molecule has 1 saturated heterocycles. The first kappa shape index (κ1) is 10.5. The maximum atomic E-state index is 11.0. The average Bonchev–Trinajstić information content (AvgIpc) is 2.17. The molecule has 2 N–H and O–H groups in total. The van der Waals surface area contributed by atoms with E-state index in [0.29, 0.717) is 12.8 Å². The van der Waals surface area contributed by atoms with Crippen LogP contribution >= 0.6 is 0 Å². The quantitative estimate of drug-likeness (QED) is 0.658. The molecule has 0 aromatic heterocycles. The minimum absolute atomic E-state index is 0.675. The first-order chi connectivity index (χ1) is 6.14. The van der Waals surface area contributed by atoms with Crippen molar-refractivity contribution in [3.63, 3.8) is 0 Å². The summed E-state index contributed by atoms with van der Waals surface area (Å²) >= 11 is 0. The van der Waals surface area contributed by atoms with Gasteiger partial charge in [0.2, 0.25) is 0 Å². The van der Waals surface area contributed by atoms with E-state index in [0.717, 1.165) is 19.6 Å². The zero-order valence-electron chi connectivity index (χ0n) is 8.34. The summed E-state index contributed by atoms with van der Waals surface area (Å²) in [7, 11) is 1.73. The summed E-state index contributed by atoms with van der Waals surface area (Å²) in [6.07, 6.45) is 1.40. The van der Waals surface area contributed by atoms with E-state index in [1.54, 1.807) is 7.05 Å². The molecule has 13 heavy (non-hydrogen) atoms. The molecule has 1 aliphatic rings. The fourth-order valence-electron chi connectivity index (χ4n) is 1.82. The number of piperidine rings is 1. The molecule has 0 spiro atoms. The summed E-state index contributed by atoms with van der Waals surface area (Å²) in [5.41, 5.74) is -0.675. The highest BCUT2D eigenvalue weighted by molar-refractivity contribution is 5.78. The van der Waals surface area contributed by atoms with Gasteiger partial charge in [-0.1, -0.05) is 6.92 Å². The predicted molar refractivity (Wildman–Crippen MR) is 50.8 cm³/mol. The second-order valence-corrected chi connectivity index (χ2v) is 3.57.